The van der Waals surface area contributed by atoms with E-state index in [4.69, 9.17) is 19.9 Å². The molecule has 2 amide bonds. The van der Waals surface area contributed by atoms with E-state index in [0.29, 0.717) is 54.0 Å². The summed E-state index contributed by atoms with van der Waals surface area (Å²) in [5.74, 6) is -1.05. The fourth-order valence-corrected chi connectivity index (χ4v) is 4.95. The molecule has 4 N–H and O–H groups in total. The van der Waals surface area contributed by atoms with Gasteiger partial charge in [0.05, 0.1) is 18.7 Å². The molecular formula is C33H32ClFN4O6. The number of carbonyl (C=O) groups is 3. The Bertz CT molecular complexity index is 1730. The second kappa shape index (κ2) is 13.1. The molecule has 0 spiro atoms. The molecule has 0 radical (unpaired) electrons. The molecule has 3 aromatic carbocycles. The van der Waals surface area contributed by atoms with Crippen LogP contribution in [0.25, 0.3) is 10.9 Å². The summed E-state index contributed by atoms with van der Waals surface area (Å²) in [6.45, 7) is 0.205. The Balaban J connectivity index is 0.00000400. The molecule has 1 heterocycles. The lowest BCUT2D eigenvalue weighted by Crippen LogP contribution is -2.35. The fourth-order valence-electron chi connectivity index (χ4n) is 4.95. The molecule has 4 aromatic rings. The number of nitrogens with one attached hydrogen (secondary N) is 2. The number of fused-ring (bicyclic) bond motifs is 1. The Hall–Kier alpha value is -4.74. The highest BCUT2D eigenvalue weighted by molar-refractivity contribution is 6.16. The monoisotopic (exact) mass is 634 g/mol. The molecule has 2 fully saturated rings. The van der Waals surface area contributed by atoms with Gasteiger partial charge in [0.1, 0.15) is 22.5 Å². The number of ether oxygens (including phenoxy) is 3. The Kier molecular flexibility index (Phi) is 9.21. The average molecular weight is 635 g/mol. The summed E-state index contributed by atoms with van der Waals surface area (Å²) in [6.07, 6.45) is 4.51. The summed E-state index contributed by atoms with van der Waals surface area (Å²) in [6, 6.07) is 19.9. The van der Waals surface area contributed by atoms with Gasteiger partial charge in [0.15, 0.2) is 11.6 Å². The van der Waals surface area contributed by atoms with Crippen molar-refractivity contribution in [3.63, 3.8) is 0 Å². The summed E-state index contributed by atoms with van der Waals surface area (Å²) in [7, 11) is 0. The van der Waals surface area contributed by atoms with E-state index in [1.54, 1.807) is 54.7 Å². The first-order valence-corrected chi connectivity index (χ1v) is 14.4. The molecule has 0 unspecified atom stereocenters. The van der Waals surface area contributed by atoms with Crippen LogP contribution in [0.15, 0.2) is 79.0 Å². The number of aromatic nitrogens is 1. The maximum Gasteiger partial charge on any atom is 0.320 e. The molecule has 0 saturated heterocycles. The van der Waals surface area contributed by atoms with Crippen molar-refractivity contribution in [2.45, 2.75) is 37.7 Å². The minimum absolute atomic E-state index is 0. The molecule has 6 rings (SSSR count). The number of pyridine rings is 1. The van der Waals surface area contributed by atoms with Crippen LogP contribution in [0.3, 0.4) is 0 Å². The lowest BCUT2D eigenvalue weighted by Gasteiger charge is -2.17. The van der Waals surface area contributed by atoms with Crippen LogP contribution >= 0.6 is 12.4 Å². The van der Waals surface area contributed by atoms with Crippen LogP contribution in [0.2, 0.25) is 0 Å². The second-order valence-corrected chi connectivity index (χ2v) is 11.1. The molecule has 2 saturated carbocycles. The first-order valence-electron chi connectivity index (χ1n) is 14.4. The van der Waals surface area contributed by atoms with Crippen molar-refractivity contribution in [2.24, 2.45) is 11.1 Å². The van der Waals surface area contributed by atoms with E-state index in [0.717, 1.165) is 18.9 Å². The summed E-state index contributed by atoms with van der Waals surface area (Å²) >= 11 is 0. The molecule has 45 heavy (non-hydrogen) atoms. The van der Waals surface area contributed by atoms with Crippen molar-refractivity contribution < 1.29 is 33.0 Å². The lowest BCUT2D eigenvalue weighted by atomic mass is 10.0. The summed E-state index contributed by atoms with van der Waals surface area (Å²) in [5.41, 5.74) is 5.08. The van der Waals surface area contributed by atoms with Gasteiger partial charge < -0.3 is 30.6 Å². The number of carbonyl (C=O) groups excluding carboxylic acids is 3. The van der Waals surface area contributed by atoms with Crippen LogP contribution in [0, 0.1) is 11.2 Å². The zero-order valence-electron chi connectivity index (χ0n) is 24.2. The number of anilines is 2. The van der Waals surface area contributed by atoms with Gasteiger partial charge in [-0.25, -0.2) is 4.39 Å². The highest BCUT2D eigenvalue weighted by Crippen LogP contribution is 2.48. The largest absolute Gasteiger partial charge is 0.493 e. The molecule has 0 aliphatic heterocycles. The van der Waals surface area contributed by atoms with E-state index in [2.05, 4.69) is 15.6 Å². The van der Waals surface area contributed by atoms with Gasteiger partial charge in [0, 0.05) is 41.5 Å². The highest BCUT2D eigenvalue weighted by Gasteiger charge is 2.56. The number of halogens is 2. The SMILES string of the molecule is Cl.NCC(=O)OC1(CCOc2ccc3c(Oc4ccc(NC(=O)C5(C(=O)Nc6ccccc6)CC5)cc4F)ccnc3c2)CC1. The van der Waals surface area contributed by atoms with Crippen LogP contribution in [-0.2, 0) is 19.1 Å². The first kappa shape index (κ1) is 31.7. The van der Waals surface area contributed by atoms with Gasteiger partial charge in [-0.3, -0.25) is 19.4 Å². The van der Waals surface area contributed by atoms with Gasteiger partial charge in [-0.2, -0.15) is 0 Å². The number of benzene rings is 3. The van der Waals surface area contributed by atoms with Crippen LogP contribution < -0.4 is 25.8 Å². The van der Waals surface area contributed by atoms with Crippen molar-refractivity contribution in [3.8, 4) is 17.2 Å². The van der Waals surface area contributed by atoms with Crippen molar-refractivity contribution in [1.82, 2.24) is 4.98 Å². The molecule has 12 heteroatoms. The van der Waals surface area contributed by atoms with Crippen LogP contribution in [-0.4, -0.2) is 41.5 Å². The Morgan fingerprint density at radius 1 is 0.867 bits per heavy atom. The molecule has 0 atom stereocenters. The topological polar surface area (TPSA) is 142 Å². The van der Waals surface area contributed by atoms with Crippen molar-refractivity contribution >= 4 is 52.5 Å². The van der Waals surface area contributed by atoms with E-state index >= 15 is 4.39 Å². The maximum atomic E-state index is 15.1. The van der Waals surface area contributed by atoms with E-state index in [1.165, 1.54) is 12.1 Å². The zero-order valence-corrected chi connectivity index (χ0v) is 25.0. The average Bonchev–Trinajstić information content (AvgIpc) is 3.96. The lowest BCUT2D eigenvalue weighted by molar-refractivity contribution is -0.150. The summed E-state index contributed by atoms with van der Waals surface area (Å²) in [4.78, 5) is 41.7. The summed E-state index contributed by atoms with van der Waals surface area (Å²) < 4.78 is 32.3. The smallest absolute Gasteiger partial charge is 0.320 e. The van der Waals surface area contributed by atoms with E-state index in [-0.39, 0.29) is 36.3 Å². The number of rotatable bonds is 12. The molecule has 1 aromatic heterocycles. The van der Waals surface area contributed by atoms with E-state index in [9.17, 15) is 14.4 Å². The van der Waals surface area contributed by atoms with Gasteiger partial charge in [0.25, 0.3) is 0 Å². The number of hydrogen-bond acceptors (Lipinski definition) is 8. The van der Waals surface area contributed by atoms with Gasteiger partial charge in [-0.1, -0.05) is 18.2 Å². The minimum atomic E-state index is -1.18. The van der Waals surface area contributed by atoms with Crippen molar-refractivity contribution in [2.75, 3.05) is 23.8 Å². The third kappa shape index (κ3) is 7.16. The van der Waals surface area contributed by atoms with Gasteiger partial charge >= 0.3 is 5.97 Å². The minimum Gasteiger partial charge on any atom is -0.493 e. The van der Waals surface area contributed by atoms with Gasteiger partial charge in [-0.05, 0) is 68.1 Å². The predicted octanol–water partition coefficient (Wildman–Crippen LogP) is 5.75. The molecule has 0 bridgehead atoms. The van der Waals surface area contributed by atoms with Gasteiger partial charge in [0.2, 0.25) is 11.8 Å². The highest BCUT2D eigenvalue weighted by atomic mass is 35.5. The third-order valence-corrected chi connectivity index (χ3v) is 7.87. The molecular weight excluding hydrogens is 603 g/mol. The number of para-hydroxylation sites is 1. The normalized spacial score (nSPS) is 15.2. The fraction of sp³-hybridized carbons (Fsp3) is 0.273. The van der Waals surface area contributed by atoms with Crippen molar-refractivity contribution in [1.29, 1.82) is 0 Å². The van der Waals surface area contributed by atoms with Crippen LogP contribution in [0.5, 0.6) is 17.2 Å². The maximum absolute atomic E-state index is 15.1. The zero-order chi connectivity index (χ0) is 30.7. The molecule has 2 aliphatic rings. The number of nitrogens with zero attached hydrogens (tertiary/aromatic N) is 1. The van der Waals surface area contributed by atoms with Crippen LogP contribution in [0.4, 0.5) is 15.8 Å². The number of amides is 2. The Morgan fingerprint density at radius 2 is 1.60 bits per heavy atom. The third-order valence-electron chi connectivity index (χ3n) is 7.87. The summed E-state index contributed by atoms with van der Waals surface area (Å²) in [5, 5.41) is 6.09. The Labute approximate surface area is 264 Å². The van der Waals surface area contributed by atoms with E-state index < -0.39 is 28.7 Å². The quantitative estimate of drug-likeness (QED) is 0.132. The number of hydrogen-bond donors (Lipinski definition) is 3. The predicted molar refractivity (Wildman–Crippen MR) is 168 cm³/mol. The Morgan fingerprint density at radius 3 is 2.27 bits per heavy atom. The standard InChI is InChI=1S/C33H31FN4O6.ClH/c34-25-18-22(38-31(41)33(13-14-33)30(40)37-21-4-2-1-3-5-21)6-9-28(25)43-27-10-16-36-26-19-23(7-8-24(26)27)42-17-15-32(11-12-32)44-29(39)20-35;/h1-10,16,18-19H,11-15,17,20,35H2,(H,37,40)(H,38,41);1H. The van der Waals surface area contributed by atoms with E-state index in [1.807, 2.05) is 6.07 Å². The second-order valence-electron chi connectivity index (χ2n) is 11.1. The molecule has 234 valence electrons. The molecule has 2 aliphatic carbocycles. The first-order chi connectivity index (χ1) is 21.3. The van der Waals surface area contributed by atoms with Gasteiger partial charge in [-0.15, -0.1) is 12.4 Å². The number of esters is 1. The number of nitrogens with two attached hydrogens (primary N) is 1. The van der Waals surface area contributed by atoms with Crippen LogP contribution in [0.1, 0.15) is 32.1 Å². The molecule has 10 nitrogen and oxygen atoms in total. The van der Waals surface area contributed by atoms with Crippen molar-refractivity contribution in [3.05, 3.63) is 84.8 Å².